The lowest BCUT2D eigenvalue weighted by molar-refractivity contribution is 0.203. The van der Waals surface area contributed by atoms with Crippen molar-refractivity contribution in [2.75, 3.05) is 32.0 Å². The van der Waals surface area contributed by atoms with Gasteiger partial charge in [0, 0.05) is 25.7 Å². The zero-order valence-corrected chi connectivity index (χ0v) is 13.0. The summed E-state index contributed by atoms with van der Waals surface area (Å²) in [5, 5.41) is 12.2. The van der Waals surface area contributed by atoms with E-state index < -0.39 is 10.0 Å². The van der Waals surface area contributed by atoms with Crippen LogP contribution >= 0.6 is 0 Å². The summed E-state index contributed by atoms with van der Waals surface area (Å²) in [7, 11) is -3.12. The van der Waals surface area contributed by atoms with Gasteiger partial charge in [0.2, 0.25) is 10.0 Å². The molecule has 1 saturated heterocycles. The first-order valence-corrected chi connectivity index (χ1v) is 8.88. The van der Waals surface area contributed by atoms with Crippen LogP contribution in [0.3, 0.4) is 0 Å². The lowest BCUT2D eigenvalue weighted by Crippen LogP contribution is -2.41. The molecule has 1 fully saturated rings. The van der Waals surface area contributed by atoms with Gasteiger partial charge in [-0.1, -0.05) is 13.8 Å². The van der Waals surface area contributed by atoms with Gasteiger partial charge in [0.25, 0.3) is 0 Å². The van der Waals surface area contributed by atoms with E-state index in [0.29, 0.717) is 37.9 Å². The van der Waals surface area contributed by atoms with E-state index >= 15 is 0 Å². The minimum absolute atomic E-state index is 0.150. The number of rotatable bonds is 8. The van der Waals surface area contributed by atoms with E-state index in [9.17, 15) is 8.42 Å². The average Bonchev–Trinajstić information content (AvgIpc) is 2.35. The fourth-order valence-corrected chi connectivity index (χ4v) is 4.08. The van der Waals surface area contributed by atoms with Crippen molar-refractivity contribution in [1.82, 2.24) is 9.62 Å². The summed E-state index contributed by atoms with van der Waals surface area (Å²) in [5.41, 5.74) is 0. The van der Waals surface area contributed by atoms with Crippen LogP contribution in [0, 0.1) is 5.92 Å². The maximum absolute atomic E-state index is 12.2. The number of sulfonamides is 1. The molecule has 1 aliphatic heterocycles. The van der Waals surface area contributed by atoms with Crippen LogP contribution in [-0.4, -0.2) is 55.9 Å². The zero-order valence-electron chi connectivity index (χ0n) is 12.1. The summed E-state index contributed by atoms with van der Waals surface area (Å²) in [4.78, 5) is 0. The Balaban J connectivity index is 2.38. The molecule has 19 heavy (non-hydrogen) atoms. The highest BCUT2D eigenvalue weighted by atomic mass is 32.2. The smallest absolute Gasteiger partial charge is 0.214 e. The third-order valence-corrected chi connectivity index (χ3v) is 5.47. The first kappa shape index (κ1) is 16.9. The summed E-state index contributed by atoms with van der Waals surface area (Å²) >= 11 is 0. The van der Waals surface area contributed by atoms with Gasteiger partial charge in [0.05, 0.1) is 5.75 Å². The van der Waals surface area contributed by atoms with E-state index in [2.05, 4.69) is 19.2 Å². The molecule has 0 bridgehead atoms. The second kappa shape index (κ2) is 8.19. The third-order valence-electron chi connectivity index (χ3n) is 3.54. The lowest BCUT2D eigenvalue weighted by atomic mass is 9.97. The van der Waals surface area contributed by atoms with Gasteiger partial charge in [-0.25, -0.2) is 12.7 Å². The molecule has 1 aliphatic rings. The number of aliphatic hydroxyl groups excluding tert-OH is 1. The molecular weight excluding hydrogens is 264 g/mol. The number of hydrogen-bond donors (Lipinski definition) is 2. The molecule has 2 N–H and O–H groups in total. The van der Waals surface area contributed by atoms with E-state index in [1.807, 2.05) is 0 Å². The summed E-state index contributed by atoms with van der Waals surface area (Å²) in [5.74, 6) is 0.542. The summed E-state index contributed by atoms with van der Waals surface area (Å²) in [6, 6.07) is 0.395. The second-order valence-electron chi connectivity index (χ2n) is 5.66. The minimum Gasteiger partial charge on any atom is -0.396 e. The van der Waals surface area contributed by atoms with E-state index in [0.717, 1.165) is 19.4 Å². The molecule has 0 amide bonds. The average molecular weight is 292 g/mol. The molecular formula is C13H28N2O3S. The molecule has 1 unspecified atom stereocenters. The van der Waals surface area contributed by atoms with Crippen molar-refractivity contribution in [2.45, 2.75) is 45.6 Å². The molecule has 1 atom stereocenters. The lowest BCUT2D eigenvalue weighted by Gasteiger charge is -2.31. The van der Waals surface area contributed by atoms with Crippen molar-refractivity contribution in [3.8, 4) is 0 Å². The highest BCUT2D eigenvalue weighted by molar-refractivity contribution is 7.89. The highest BCUT2D eigenvalue weighted by Gasteiger charge is 2.28. The first-order chi connectivity index (χ1) is 8.95. The number of piperidine rings is 1. The molecule has 0 aromatic rings. The van der Waals surface area contributed by atoms with Crippen molar-refractivity contribution < 1.29 is 13.5 Å². The van der Waals surface area contributed by atoms with Gasteiger partial charge in [-0.3, -0.25) is 0 Å². The molecule has 1 heterocycles. The Hall–Kier alpha value is -0.170. The Morgan fingerprint density at radius 2 is 2.16 bits per heavy atom. The van der Waals surface area contributed by atoms with Crippen LogP contribution in [-0.2, 0) is 10.0 Å². The Morgan fingerprint density at radius 3 is 2.79 bits per heavy atom. The molecule has 1 rings (SSSR count). The van der Waals surface area contributed by atoms with E-state index in [-0.39, 0.29) is 12.4 Å². The monoisotopic (exact) mass is 292 g/mol. The molecule has 0 radical (unpaired) electrons. The third kappa shape index (κ3) is 6.21. The van der Waals surface area contributed by atoms with Crippen molar-refractivity contribution in [2.24, 2.45) is 5.92 Å². The molecule has 0 spiro atoms. The molecule has 114 valence electrons. The molecule has 6 heteroatoms. The van der Waals surface area contributed by atoms with E-state index in [1.165, 1.54) is 0 Å². The molecule has 0 aromatic heterocycles. The topological polar surface area (TPSA) is 69.6 Å². The second-order valence-corrected chi connectivity index (χ2v) is 7.75. The van der Waals surface area contributed by atoms with Crippen molar-refractivity contribution in [3.63, 3.8) is 0 Å². The molecule has 0 aromatic carbocycles. The number of hydrogen-bond acceptors (Lipinski definition) is 4. The van der Waals surface area contributed by atoms with Crippen LogP contribution in [0.1, 0.15) is 39.5 Å². The summed E-state index contributed by atoms with van der Waals surface area (Å²) in [6.07, 6.45) is 3.30. The molecule has 0 saturated carbocycles. The molecule has 5 nitrogen and oxygen atoms in total. The van der Waals surface area contributed by atoms with Gasteiger partial charge in [-0.05, 0) is 38.1 Å². The fraction of sp³-hybridized carbons (Fsp3) is 1.00. The Labute approximate surface area is 117 Å². The SMILES string of the molecule is CC(C)NCCCS(=O)(=O)N1CCCC(CCO)C1. The quantitative estimate of drug-likeness (QED) is 0.649. The standard InChI is InChI=1S/C13H28N2O3S/c1-12(2)14-7-4-10-19(17,18)15-8-3-5-13(11-15)6-9-16/h12-14,16H,3-11H2,1-2H3. The number of nitrogens with zero attached hydrogens (tertiary/aromatic N) is 1. The molecule has 0 aliphatic carbocycles. The van der Waals surface area contributed by atoms with Crippen molar-refractivity contribution >= 4 is 10.0 Å². The predicted octanol–water partition coefficient (Wildman–Crippen LogP) is 0.799. The Morgan fingerprint density at radius 1 is 1.42 bits per heavy atom. The predicted molar refractivity (Wildman–Crippen MR) is 77.5 cm³/mol. The Bertz CT molecular complexity index is 342. The van der Waals surface area contributed by atoms with Gasteiger partial charge in [-0.15, -0.1) is 0 Å². The minimum atomic E-state index is -3.12. The van der Waals surface area contributed by atoms with Gasteiger partial charge in [0.1, 0.15) is 0 Å². The van der Waals surface area contributed by atoms with Crippen LogP contribution in [0.5, 0.6) is 0 Å². The number of aliphatic hydroxyl groups is 1. The van der Waals surface area contributed by atoms with Gasteiger partial charge >= 0.3 is 0 Å². The summed E-state index contributed by atoms with van der Waals surface area (Å²) < 4.78 is 26.0. The maximum Gasteiger partial charge on any atom is 0.214 e. The van der Waals surface area contributed by atoms with E-state index in [1.54, 1.807) is 4.31 Å². The number of nitrogens with one attached hydrogen (secondary N) is 1. The van der Waals surface area contributed by atoms with Gasteiger partial charge in [-0.2, -0.15) is 0 Å². The van der Waals surface area contributed by atoms with Crippen molar-refractivity contribution in [3.05, 3.63) is 0 Å². The van der Waals surface area contributed by atoms with Gasteiger partial charge in [0.15, 0.2) is 0 Å². The van der Waals surface area contributed by atoms with E-state index in [4.69, 9.17) is 5.11 Å². The normalized spacial score (nSPS) is 22.0. The zero-order chi connectivity index (χ0) is 14.3. The highest BCUT2D eigenvalue weighted by Crippen LogP contribution is 2.21. The largest absolute Gasteiger partial charge is 0.396 e. The summed E-state index contributed by atoms with van der Waals surface area (Å²) in [6.45, 7) is 6.22. The van der Waals surface area contributed by atoms with Crippen LogP contribution in [0.2, 0.25) is 0 Å². The fourth-order valence-electron chi connectivity index (χ4n) is 2.47. The van der Waals surface area contributed by atoms with Crippen LogP contribution in [0.25, 0.3) is 0 Å². The van der Waals surface area contributed by atoms with Crippen LogP contribution in [0.4, 0.5) is 0 Å². The maximum atomic E-state index is 12.2. The van der Waals surface area contributed by atoms with Crippen molar-refractivity contribution in [1.29, 1.82) is 0 Å². The Kier molecular flexibility index (Phi) is 7.28. The van der Waals surface area contributed by atoms with Crippen LogP contribution in [0.15, 0.2) is 0 Å². The van der Waals surface area contributed by atoms with Crippen LogP contribution < -0.4 is 5.32 Å². The van der Waals surface area contributed by atoms with Gasteiger partial charge < -0.3 is 10.4 Å². The first-order valence-electron chi connectivity index (χ1n) is 7.27.